The van der Waals surface area contributed by atoms with Gasteiger partial charge in [-0.05, 0) is 38.1 Å². The Morgan fingerprint density at radius 2 is 2.12 bits per heavy atom. The molecule has 1 aromatic carbocycles. The summed E-state index contributed by atoms with van der Waals surface area (Å²) in [5.41, 5.74) is 1.56. The summed E-state index contributed by atoms with van der Waals surface area (Å²) in [6.07, 6.45) is 2.10. The standard InChI is InChI=1S/C11H13FN4/c12-8-1-2-11-10(7-8)14-15-16(11)9-3-5-13-6-4-9/h1-2,7,9,13H,3-6H2. The molecule has 84 valence electrons. The smallest absolute Gasteiger partial charge is 0.125 e. The molecule has 0 aliphatic carbocycles. The summed E-state index contributed by atoms with van der Waals surface area (Å²) in [5.74, 6) is -0.259. The first-order valence-electron chi connectivity index (χ1n) is 5.56. The summed E-state index contributed by atoms with van der Waals surface area (Å²) >= 11 is 0. The maximum absolute atomic E-state index is 13.0. The average molecular weight is 220 g/mol. The Labute approximate surface area is 92.4 Å². The van der Waals surface area contributed by atoms with Gasteiger partial charge in [-0.25, -0.2) is 9.07 Å². The van der Waals surface area contributed by atoms with Crippen LogP contribution in [0.5, 0.6) is 0 Å². The van der Waals surface area contributed by atoms with Crippen LogP contribution >= 0.6 is 0 Å². The van der Waals surface area contributed by atoms with Gasteiger partial charge in [-0.1, -0.05) is 5.21 Å². The number of nitrogens with one attached hydrogen (secondary N) is 1. The molecule has 1 aromatic heterocycles. The van der Waals surface area contributed by atoms with Crippen LogP contribution in [-0.4, -0.2) is 28.1 Å². The van der Waals surface area contributed by atoms with Crippen LogP contribution in [-0.2, 0) is 0 Å². The van der Waals surface area contributed by atoms with Crippen molar-refractivity contribution in [3.8, 4) is 0 Å². The Morgan fingerprint density at radius 3 is 2.94 bits per heavy atom. The number of rotatable bonds is 1. The summed E-state index contributed by atoms with van der Waals surface area (Å²) < 4.78 is 14.9. The van der Waals surface area contributed by atoms with Crippen LogP contribution in [0.1, 0.15) is 18.9 Å². The van der Waals surface area contributed by atoms with Crippen LogP contribution in [0.15, 0.2) is 18.2 Å². The molecule has 16 heavy (non-hydrogen) atoms. The second-order valence-corrected chi connectivity index (χ2v) is 4.15. The summed E-state index contributed by atoms with van der Waals surface area (Å²) in [7, 11) is 0. The Kier molecular flexibility index (Phi) is 2.32. The Balaban J connectivity index is 2.03. The highest BCUT2D eigenvalue weighted by Gasteiger charge is 2.18. The summed E-state index contributed by atoms with van der Waals surface area (Å²) in [5, 5.41) is 11.5. The van der Waals surface area contributed by atoms with Crippen LogP contribution in [0.3, 0.4) is 0 Å². The predicted octanol–water partition coefficient (Wildman–Crippen LogP) is 1.49. The minimum atomic E-state index is -0.259. The second-order valence-electron chi connectivity index (χ2n) is 4.15. The third kappa shape index (κ3) is 1.57. The summed E-state index contributed by atoms with van der Waals surface area (Å²) in [6.45, 7) is 2.01. The number of hydrogen-bond donors (Lipinski definition) is 1. The van der Waals surface area contributed by atoms with Crippen molar-refractivity contribution in [3.63, 3.8) is 0 Å². The molecule has 1 saturated heterocycles. The molecule has 1 fully saturated rings. The quantitative estimate of drug-likeness (QED) is 0.791. The molecule has 2 aromatic rings. The van der Waals surface area contributed by atoms with E-state index in [1.807, 2.05) is 4.68 Å². The third-order valence-corrected chi connectivity index (χ3v) is 3.09. The lowest BCUT2D eigenvalue weighted by molar-refractivity contribution is 0.345. The SMILES string of the molecule is Fc1ccc2c(c1)nnn2C1CCNCC1. The van der Waals surface area contributed by atoms with Crippen molar-refractivity contribution >= 4 is 11.0 Å². The predicted molar refractivity (Wildman–Crippen MR) is 58.6 cm³/mol. The fourth-order valence-electron chi connectivity index (χ4n) is 2.24. The maximum atomic E-state index is 13.0. The fourth-order valence-corrected chi connectivity index (χ4v) is 2.24. The molecular formula is C11H13FN4. The van der Waals surface area contributed by atoms with E-state index in [4.69, 9.17) is 0 Å². The second kappa shape index (κ2) is 3.83. The highest BCUT2D eigenvalue weighted by molar-refractivity contribution is 5.74. The highest BCUT2D eigenvalue weighted by atomic mass is 19.1. The molecule has 3 rings (SSSR count). The maximum Gasteiger partial charge on any atom is 0.125 e. The van der Waals surface area contributed by atoms with Crippen LogP contribution in [0.4, 0.5) is 4.39 Å². The molecule has 0 bridgehead atoms. The van der Waals surface area contributed by atoms with Crippen LogP contribution in [0, 0.1) is 5.82 Å². The van der Waals surface area contributed by atoms with E-state index in [-0.39, 0.29) is 5.82 Å². The normalized spacial score (nSPS) is 18.1. The zero-order valence-electron chi connectivity index (χ0n) is 8.86. The van der Waals surface area contributed by atoms with E-state index in [0.29, 0.717) is 11.6 Å². The van der Waals surface area contributed by atoms with Crippen molar-refractivity contribution in [1.82, 2.24) is 20.3 Å². The van der Waals surface area contributed by atoms with E-state index in [1.165, 1.54) is 12.1 Å². The van der Waals surface area contributed by atoms with Gasteiger partial charge in [0.2, 0.25) is 0 Å². The number of piperidine rings is 1. The molecule has 2 heterocycles. The first kappa shape index (κ1) is 9.72. The van der Waals surface area contributed by atoms with E-state index < -0.39 is 0 Å². The lowest BCUT2D eigenvalue weighted by Gasteiger charge is -2.22. The first-order valence-corrected chi connectivity index (χ1v) is 5.56. The van der Waals surface area contributed by atoms with Crippen LogP contribution < -0.4 is 5.32 Å². The molecule has 0 amide bonds. The Hall–Kier alpha value is -1.49. The molecule has 1 aliphatic heterocycles. The van der Waals surface area contributed by atoms with Gasteiger partial charge in [0.25, 0.3) is 0 Å². The summed E-state index contributed by atoms with van der Waals surface area (Å²) in [6, 6.07) is 5.03. The summed E-state index contributed by atoms with van der Waals surface area (Å²) in [4.78, 5) is 0. The van der Waals surface area contributed by atoms with Gasteiger partial charge in [0.15, 0.2) is 0 Å². The molecular weight excluding hydrogens is 207 g/mol. The topological polar surface area (TPSA) is 42.7 Å². The van der Waals surface area contributed by atoms with Gasteiger partial charge in [0, 0.05) is 6.07 Å². The number of hydrogen-bond acceptors (Lipinski definition) is 3. The average Bonchev–Trinajstić information content (AvgIpc) is 2.73. The van der Waals surface area contributed by atoms with Gasteiger partial charge < -0.3 is 5.32 Å². The fraction of sp³-hybridized carbons (Fsp3) is 0.455. The number of halogens is 1. The van der Waals surface area contributed by atoms with Crippen molar-refractivity contribution < 1.29 is 4.39 Å². The van der Waals surface area contributed by atoms with Crippen LogP contribution in [0.25, 0.3) is 11.0 Å². The molecule has 5 heteroatoms. The van der Waals surface area contributed by atoms with Gasteiger partial charge in [-0.15, -0.1) is 5.10 Å². The minimum absolute atomic E-state index is 0.259. The third-order valence-electron chi connectivity index (χ3n) is 3.09. The van der Waals surface area contributed by atoms with Gasteiger partial charge in [-0.3, -0.25) is 0 Å². The molecule has 0 spiro atoms. The van der Waals surface area contributed by atoms with E-state index in [0.717, 1.165) is 31.4 Å². The first-order chi connectivity index (χ1) is 7.84. The molecule has 0 atom stereocenters. The number of fused-ring (bicyclic) bond motifs is 1. The zero-order valence-corrected chi connectivity index (χ0v) is 8.86. The number of nitrogens with zero attached hydrogens (tertiary/aromatic N) is 3. The molecule has 0 saturated carbocycles. The number of aromatic nitrogens is 3. The Morgan fingerprint density at radius 1 is 1.31 bits per heavy atom. The van der Waals surface area contributed by atoms with Crippen LogP contribution in [0.2, 0.25) is 0 Å². The van der Waals surface area contributed by atoms with Gasteiger partial charge in [0.1, 0.15) is 11.3 Å². The monoisotopic (exact) mass is 220 g/mol. The van der Waals surface area contributed by atoms with Crippen molar-refractivity contribution in [3.05, 3.63) is 24.0 Å². The molecule has 1 N–H and O–H groups in total. The van der Waals surface area contributed by atoms with E-state index in [2.05, 4.69) is 15.6 Å². The lowest BCUT2D eigenvalue weighted by atomic mass is 10.1. The number of benzene rings is 1. The zero-order chi connectivity index (χ0) is 11.0. The van der Waals surface area contributed by atoms with E-state index >= 15 is 0 Å². The van der Waals surface area contributed by atoms with Crippen molar-refractivity contribution in [2.45, 2.75) is 18.9 Å². The Bertz CT molecular complexity index is 502. The van der Waals surface area contributed by atoms with Crippen molar-refractivity contribution in [2.75, 3.05) is 13.1 Å². The van der Waals surface area contributed by atoms with Gasteiger partial charge >= 0.3 is 0 Å². The van der Waals surface area contributed by atoms with Crippen molar-refractivity contribution in [2.24, 2.45) is 0 Å². The largest absolute Gasteiger partial charge is 0.317 e. The van der Waals surface area contributed by atoms with E-state index in [9.17, 15) is 4.39 Å². The highest BCUT2D eigenvalue weighted by Crippen LogP contribution is 2.22. The minimum Gasteiger partial charge on any atom is -0.317 e. The lowest BCUT2D eigenvalue weighted by Crippen LogP contribution is -2.29. The van der Waals surface area contributed by atoms with E-state index in [1.54, 1.807) is 6.07 Å². The van der Waals surface area contributed by atoms with Gasteiger partial charge in [0.05, 0.1) is 11.6 Å². The molecule has 0 radical (unpaired) electrons. The van der Waals surface area contributed by atoms with Gasteiger partial charge in [-0.2, -0.15) is 0 Å². The van der Waals surface area contributed by atoms with Crippen molar-refractivity contribution in [1.29, 1.82) is 0 Å². The molecule has 0 unspecified atom stereocenters. The molecule has 1 aliphatic rings. The molecule has 4 nitrogen and oxygen atoms in total.